The third-order valence-corrected chi connectivity index (χ3v) is 2.52. The third kappa shape index (κ3) is 2.38. The molecule has 0 spiro atoms. The van der Waals surface area contributed by atoms with Crippen LogP contribution in [0.1, 0.15) is 27.2 Å². The van der Waals surface area contributed by atoms with Crippen LogP contribution in [0, 0.1) is 0 Å². The minimum Gasteiger partial charge on any atom is -0.458 e. The molecule has 1 fully saturated rings. The standard InChI is InChI=1S/C11H16O4/c1-7(12)13-8-4-5-9-10(6-8)15-11(2,3)14-9/h4-5,8-10H,6H2,1-3H3/t8-,9-,10+/m0/s1. The summed E-state index contributed by atoms with van der Waals surface area (Å²) in [6.07, 6.45) is 4.26. The maximum atomic E-state index is 10.8. The van der Waals surface area contributed by atoms with Gasteiger partial charge in [0.2, 0.25) is 0 Å². The lowest BCUT2D eigenvalue weighted by Gasteiger charge is -2.23. The Balaban J connectivity index is 2.00. The molecular weight excluding hydrogens is 196 g/mol. The molecule has 4 nitrogen and oxygen atoms in total. The van der Waals surface area contributed by atoms with Crippen molar-refractivity contribution in [1.29, 1.82) is 0 Å². The third-order valence-electron chi connectivity index (χ3n) is 2.52. The van der Waals surface area contributed by atoms with E-state index >= 15 is 0 Å². The molecule has 1 heterocycles. The van der Waals surface area contributed by atoms with E-state index < -0.39 is 5.79 Å². The molecule has 0 aromatic carbocycles. The van der Waals surface area contributed by atoms with Crippen LogP contribution in [-0.4, -0.2) is 30.1 Å². The van der Waals surface area contributed by atoms with Crippen molar-refractivity contribution < 1.29 is 19.0 Å². The van der Waals surface area contributed by atoms with Crippen molar-refractivity contribution in [3.05, 3.63) is 12.2 Å². The second-order valence-corrected chi connectivity index (χ2v) is 4.41. The molecule has 1 aliphatic carbocycles. The first-order valence-electron chi connectivity index (χ1n) is 5.17. The molecule has 0 aromatic rings. The van der Waals surface area contributed by atoms with E-state index in [0.717, 1.165) is 0 Å². The fourth-order valence-electron chi connectivity index (χ4n) is 2.05. The minimum absolute atomic E-state index is 0.00523. The average Bonchev–Trinajstić information content (AvgIpc) is 2.36. The van der Waals surface area contributed by atoms with Crippen LogP contribution in [0.15, 0.2) is 12.2 Å². The molecule has 1 aliphatic heterocycles. The summed E-state index contributed by atoms with van der Waals surface area (Å²) in [5.74, 6) is -0.800. The highest BCUT2D eigenvalue weighted by atomic mass is 16.8. The second-order valence-electron chi connectivity index (χ2n) is 4.41. The summed E-state index contributed by atoms with van der Waals surface area (Å²) in [6.45, 7) is 5.19. The van der Waals surface area contributed by atoms with E-state index in [-0.39, 0.29) is 24.3 Å². The quantitative estimate of drug-likeness (QED) is 0.487. The Morgan fingerprint density at radius 3 is 2.80 bits per heavy atom. The first-order valence-corrected chi connectivity index (χ1v) is 5.17. The maximum absolute atomic E-state index is 10.8. The molecule has 0 aromatic heterocycles. The smallest absolute Gasteiger partial charge is 0.303 e. The van der Waals surface area contributed by atoms with Crippen LogP contribution in [0.5, 0.6) is 0 Å². The predicted molar refractivity (Wildman–Crippen MR) is 53.1 cm³/mol. The summed E-state index contributed by atoms with van der Waals surface area (Å²) in [4.78, 5) is 10.8. The zero-order valence-electron chi connectivity index (χ0n) is 9.23. The summed E-state index contributed by atoms with van der Waals surface area (Å²) in [6, 6.07) is 0. The van der Waals surface area contributed by atoms with E-state index in [1.807, 2.05) is 26.0 Å². The summed E-state index contributed by atoms with van der Waals surface area (Å²) in [5.41, 5.74) is 0. The van der Waals surface area contributed by atoms with Crippen molar-refractivity contribution in [3.8, 4) is 0 Å². The van der Waals surface area contributed by atoms with Crippen LogP contribution in [0.4, 0.5) is 0 Å². The van der Waals surface area contributed by atoms with Gasteiger partial charge in [-0.05, 0) is 19.9 Å². The molecule has 0 unspecified atom stereocenters. The molecule has 15 heavy (non-hydrogen) atoms. The van der Waals surface area contributed by atoms with Crippen molar-refractivity contribution in [2.24, 2.45) is 0 Å². The lowest BCUT2D eigenvalue weighted by molar-refractivity contribution is -0.150. The molecule has 1 saturated heterocycles. The molecule has 0 N–H and O–H groups in total. The zero-order chi connectivity index (χ0) is 11.1. The number of hydrogen-bond donors (Lipinski definition) is 0. The van der Waals surface area contributed by atoms with Crippen molar-refractivity contribution >= 4 is 5.97 Å². The van der Waals surface area contributed by atoms with Gasteiger partial charge in [-0.2, -0.15) is 0 Å². The lowest BCUT2D eigenvalue weighted by Crippen LogP contribution is -2.31. The fraction of sp³-hybridized carbons (Fsp3) is 0.727. The molecule has 4 heteroatoms. The number of carbonyl (C=O) groups is 1. The summed E-state index contributed by atoms with van der Waals surface area (Å²) in [5, 5.41) is 0. The van der Waals surface area contributed by atoms with Crippen LogP contribution >= 0.6 is 0 Å². The van der Waals surface area contributed by atoms with Gasteiger partial charge in [0.05, 0.1) is 6.10 Å². The first-order chi connectivity index (χ1) is 6.96. The second kappa shape index (κ2) is 3.61. The number of fused-ring (bicyclic) bond motifs is 1. The van der Waals surface area contributed by atoms with Crippen LogP contribution < -0.4 is 0 Å². The Bertz CT molecular complexity index is 295. The molecular formula is C11H16O4. The molecule has 84 valence electrons. The van der Waals surface area contributed by atoms with E-state index in [2.05, 4.69) is 0 Å². The van der Waals surface area contributed by atoms with E-state index in [4.69, 9.17) is 14.2 Å². The van der Waals surface area contributed by atoms with Gasteiger partial charge in [-0.25, -0.2) is 0 Å². The topological polar surface area (TPSA) is 44.8 Å². The Labute approximate surface area is 89.2 Å². The van der Waals surface area contributed by atoms with E-state index in [1.54, 1.807) is 0 Å². The Morgan fingerprint density at radius 2 is 2.13 bits per heavy atom. The molecule has 0 radical (unpaired) electrons. The lowest BCUT2D eigenvalue weighted by atomic mass is 10.00. The summed E-state index contributed by atoms with van der Waals surface area (Å²) in [7, 11) is 0. The Hall–Kier alpha value is -0.870. The van der Waals surface area contributed by atoms with Gasteiger partial charge in [0.1, 0.15) is 12.2 Å². The predicted octanol–water partition coefficient (Wildman–Crippen LogP) is 1.40. The SMILES string of the molecule is CC(=O)O[C@H]1C=C[C@@H]2OC(C)(C)O[C@@H]2C1. The van der Waals surface area contributed by atoms with Crippen LogP contribution in [-0.2, 0) is 19.0 Å². The van der Waals surface area contributed by atoms with E-state index in [9.17, 15) is 4.79 Å². The van der Waals surface area contributed by atoms with Gasteiger partial charge in [-0.3, -0.25) is 4.79 Å². The number of hydrogen-bond acceptors (Lipinski definition) is 4. The highest BCUT2D eigenvalue weighted by molar-refractivity contribution is 5.66. The van der Waals surface area contributed by atoms with Crippen molar-refractivity contribution in [2.45, 2.75) is 51.3 Å². The largest absolute Gasteiger partial charge is 0.458 e. The monoisotopic (exact) mass is 212 g/mol. The van der Waals surface area contributed by atoms with E-state index in [1.165, 1.54) is 6.92 Å². The molecule has 0 bridgehead atoms. The first kappa shape index (κ1) is 10.6. The molecule has 2 rings (SSSR count). The van der Waals surface area contributed by atoms with Gasteiger partial charge in [-0.1, -0.05) is 6.08 Å². The van der Waals surface area contributed by atoms with Crippen molar-refractivity contribution in [3.63, 3.8) is 0 Å². The number of ether oxygens (including phenoxy) is 3. The van der Waals surface area contributed by atoms with Gasteiger partial charge in [0, 0.05) is 13.3 Å². The van der Waals surface area contributed by atoms with Crippen LogP contribution in [0.2, 0.25) is 0 Å². The summed E-state index contributed by atoms with van der Waals surface area (Å²) < 4.78 is 16.5. The van der Waals surface area contributed by atoms with Gasteiger partial charge in [-0.15, -0.1) is 0 Å². The number of esters is 1. The van der Waals surface area contributed by atoms with Crippen molar-refractivity contribution in [2.75, 3.05) is 0 Å². The number of carbonyl (C=O) groups excluding carboxylic acids is 1. The Kier molecular flexibility index (Phi) is 2.56. The molecule has 0 amide bonds. The van der Waals surface area contributed by atoms with Crippen LogP contribution in [0.25, 0.3) is 0 Å². The highest BCUT2D eigenvalue weighted by Gasteiger charge is 2.42. The van der Waals surface area contributed by atoms with Crippen LogP contribution in [0.3, 0.4) is 0 Å². The van der Waals surface area contributed by atoms with Gasteiger partial charge in [0.25, 0.3) is 0 Å². The number of rotatable bonds is 1. The maximum Gasteiger partial charge on any atom is 0.303 e. The van der Waals surface area contributed by atoms with E-state index in [0.29, 0.717) is 6.42 Å². The van der Waals surface area contributed by atoms with Gasteiger partial charge < -0.3 is 14.2 Å². The average molecular weight is 212 g/mol. The van der Waals surface area contributed by atoms with Gasteiger partial charge >= 0.3 is 5.97 Å². The normalized spacial score (nSPS) is 37.4. The minimum atomic E-state index is -0.537. The van der Waals surface area contributed by atoms with Gasteiger partial charge in [0.15, 0.2) is 5.79 Å². The fourth-order valence-corrected chi connectivity index (χ4v) is 2.05. The zero-order valence-corrected chi connectivity index (χ0v) is 9.23. The van der Waals surface area contributed by atoms with Crippen molar-refractivity contribution in [1.82, 2.24) is 0 Å². The molecule has 3 atom stereocenters. The Morgan fingerprint density at radius 1 is 1.40 bits per heavy atom. The molecule has 0 saturated carbocycles. The summed E-state index contributed by atoms with van der Waals surface area (Å²) >= 11 is 0. The highest BCUT2D eigenvalue weighted by Crippen LogP contribution is 2.34. The molecule has 2 aliphatic rings.